The number of rotatable bonds is 5. The van der Waals surface area contributed by atoms with Gasteiger partial charge in [-0.15, -0.1) is 11.3 Å². The Morgan fingerprint density at radius 2 is 2.18 bits per heavy atom. The number of piperidine rings is 1. The van der Waals surface area contributed by atoms with E-state index in [1.54, 1.807) is 17.5 Å². The van der Waals surface area contributed by atoms with Crippen molar-refractivity contribution in [3.8, 4) is 0 Å². The van der Waals surface area contributed by atoms with Crippen molar-refractivity contribution in [1.29, 1.82) is 0 Å². The Bertz CT molecular complexity index is 512. The van der Waals surface area contributed by atoms with Gasteiger partial charge in [0.15, 0.2) is 0 Å². The molecule has 0 saturated carbocycles. The molecule has 0 atom stereocenters. The number of nitrogens with one attached hydrogen (secondary N) is 2. The van der Waals surface area contributed by atoms with Gasteiger partial charge in [-0.3, -0.25) is 4.79 Å². The van der Waals surface area contributed by atoms with Crippen LogP contribution in [0, 0.1) is 6.92 Å². The molecule has 1 fully saturated rings. The van der Waals surface area contributed by atoms with Gasteiger partial charge in [-0.2, -0.15) is 0 Å². The molecule has 1 aliphatic rings. The highest BCUT2D eigenvalue weighted by Gasteiger charge is 2.24. The molecule has 0 aliphatic carbocycles. The Morgan fingerprint density at radius 3 is 2.77 bits per heavy atom. The first kappa shape index (κ1) is 16.7. The summed E-state index contributed by atoms with van der Waals surface area (Å²) < 4.78 is 4.90. The van der Waals surface area contributed by atoms with Crippen LogP contribution in [0.4, 0.5) is 4.79 Å². The Balaban J connectivity index is 1.74. The number of carbonyl (C=O) groups is 2. The van der Waals surface area contributed by atoms with E-state index in [9.17, 15) is 9.59 Å². The maximum atomic E-state index is 12.1. The van der Waals surface area contributed by atoms with Crippen LogP contribution < -0.4 is 10.6 Å². The third kappa shape index (κ3) is 4.41. The van der Waals surface area contributed by atoms with Crippen LogP contribution in [0.15, 0.2) is 5.51 Å². The summed E-state index contributed by atoms with van der Waals surface area (Å²) in [6.07, 6.45) is 1.53. The molecule has 1 saturated heterocycles. The summed E-state index contributed by atoms with van der Waals surface area (Å²) >= 11 is 1.35. The molecule has 1 aromatic rings. The molecule has 2 heterocycles. The smallest absolute Gasteiger partial charge is 0.317 e. The highest BCUT2D eigenvalue weighted by atomic mass is 32.1. The van der Waals surface area contributed by atoms with Crippen LogP contribution in [0.3, 0.4) is 0 Å². The first-order valence-corrected chi connectivity index (χ1v) is 8.22. The lowest BCUT2D eigenvalue weighted by molar-refractivity contribution is 0.0921. The Kier molecular flexibility index (Phi) is 6.14. The van der Waals surface area contributed by atoms with E-state index >= 15 is 0 Å². The number of ether oxygens (including phenoxy) is 1. The summed E-state index contributed by atoms with van der Waals surface area (Å²) in [5, 5.41) is 5.83. The zero-order valence-corrected chi connectivity index (χ0v) is 13.7. The number of carbonyl (C=O) groups excluding carboxylic acids is 2. The van der Waals surface area contributed by atoms with E-state index in [2.05, 4.69) is 15.6 Å². The van der Waals surface area contributed by atoms with Crippen molar-refractivity contribution in [3.05, 3.63) is 16.1 Å². The van der Waals surface area contributed by atoms with Gasteiger partial charge in [0.1, 0.15) is 4.88 Å². The lowest BCUT2D eigenvalue weighted by atomic mass is 10.1. The lowest BCUT2D eigenvalue weighted by Gasteiger charge is -2.32. The number of methoxy groups -OCH3 is 1. The molecule has 1 aromatic heterocycles. The molecule has 122 valence electrons. The first-order valence-electron chi connectivity index (χ1n) is 7.34. The third-order valence-corrected chi connectivity index (χ3v) is 4.58. The summed E-state index contributed by atoms with van der Waals surface area (Å²) in [5.41, 5.74) is 2.44. The summed E-state index contributed by atoms with van der Waals surface area (Å²) in [7, 11) is 1.60. The fourth-order valence-electron chi connectivity index (χ4n) is 2.37. The van der Waals surface area contributed by atoms with Crippen LogP contribution in [0.25, 0.3) is 0 Å². The fourth-order valence-corrected chi connectivity index (χ4v) is 3.07. The standard InChI is InChI=1S/C14H22N4O3S/c1-10-12(22-9-16-10)13(19)17-11-3-6-18(7-4-11)14(20)15-5-8-21-2/h9,11H,3-8H2,1-2H3,(H,15,20)(H,17,19). The second kappa shape index (κ2) is 8.09. The molecule has 2 N–H and O–H groups in total. The van der Waals surface area contributed by atoms with E-state index in [0.29, 0.717) is 31.1 Å². The predicted molar refractivity (Wildman–Crippen MR) is 84.2 cm³/mol. The monoisotopic (exact) mass is 326 g/mol. The molecule has 0 bridgehead atoms. The van der Waals surface area contributed by atoms with Crippen LogP contribution in [-0.2, 0) is 4.74 Å². The average Bonchev–Trinajstić information content (AvgIpc) is 2.94. The zero-order chi connectivity index (χ0) is 15.9. The van der Waals surface area contributed by atoms with Gasteiger partial charge >= 0.3 is 6.03 Å². The van der Waals surface area contributed by atoms with E-state index < -0.39 is 0 Å². The van der Waals surface area contributed by atoms with Gasteiger partial charge in [0, 0.05) is 32.8 Å². The number of aromatic nitrogens is 1. The molecule has 0 unspecified atom stereocenters. The normalized spacial score (nSPS) is 15.6. The number of thiazole rings is 1. The summed E-state index contributed by atoms with van der Waals surface area (Å²) in [5.74, 6) is -0.0667. The van der Waals surface area contributed by atoms with Gasteiger partial charge in [0.2, 0.25) is 0 Å². The topological polar surface area (TPSA) is 83.6 Å². The molecule has 1 aliphatic heterocycles. The number of amides is 3. The van der Waals surface area contributed by atoms with Crippen molar-refractivity contribution in [2.75, 3.05) is 33.4 Å². The molecule has 8 heteroatoms. The van der Waals surface area contributed by atoms with E-state index in [1.165, 1.54) is 11.3 Å². The highest BCUT2D eigenvalue weighted by Crippen LogP contribution is 2.15. The number of nitrogens with zero attached hydrogens (tertiary/aromatic N) is 2. The van der Waals surface area contributed by atoms with Crippen LogP contribution in [0.1, 0.15) is 28.2 Å². The molecular weight excluding hydrogens is 304 g/mol. The molecule has 22 heavy (non-hydrogen) atoms. The minimum absolute atomic E-state index is 0.0667. The molecule has 0 radical (unpaired) electrons. The zero-order valence-electron chi connectivity index (χ0n) is 12.9. The largest absolute Gasteiger partial charge is 0.383 e. The molecule has 2 rings (SSSR count). The Morgan fingerprint density at radius 1 is 1.45 bits per heavy atom. The van der Waals surface area contributed by atoms with E-state index in [1.807, 2.05) is 6.92 Å². The Hall–Kier alpha value is -1.67. The average molecular weight is 326 g/mol. The van der Waals surface area contributed by atoms with Crippen LogP contribution >= 0.6 is 11.3 Å². The number of aryl methyl sites for hydroxylation is 1. The second-order valence-electron chi connectivity index (χ2n) is 5.23. The number of likely N-dealkylation sites (tertiary alicyclic amines) is 1. The van der Waals surface area contributed by atoms with E-state index in [4.69, 9.17) is 4.74 Å². The van der Waals surface area contributed by atoms with Gasteiger partial charge in [-0.1, -0.05) is 0 Å². The lowest BCUT2D eigenvalue weighted by Crippen LogP contribution is -2.49. The molecule has 0 aromatic carbocycles. The summed E-state index contributed by atoms with van der Waals surface area (Å²) in [6.45, 7) is 4.14. The number of hydrogen-bond acceptors (Lipinski definition) is 5. The van der Waals surface area contributed by atoms with E-state index in [0.717, 1.165) is 18.5 Å². The minimum Gasteiger partial charge on any atom is -0.383 e. The van der Waals surface area contributed by atoms with Gasteiger partial charge in [-0.05, 0) is 19.8 Å². The van der Waals surface area contributed by atoms with Crippen molar-refractivity contribution in [2.24, 2.45) is 0 Å². The van der Waals surface area contributed by atoms with Gasteiger partial charge in [0.05, 0.1) is 17.8 Å². The summed E-state index contributed by atoms with van der Waals surface area (Å²) in [6, 6.07) is 0.0390. The van der Waals surface area contributed by atoms with Gasteiger partial charge in [0.25, 0.3) is 5.91 Å². The third-order valence-electron chi connectivity index (χ3n) is 3.65. The van der Waals surface area contributed by atoms with Crippen LogP contribution in [0.2, 0.25) is 0 Å². The highest BCUT2D eigenvalue weighted by molar-refractivity contribution is 7.11. The van der Waals surface area contributed by atoms with Gasteiger partial charge in [-0.25, -0.2) is 9.78 Å². The van der Waals surface area contributed by atoms with Crippen molar-refractivity contribution < 1.29 is 14.3 Å². The molecular formula is C14H22N4O3S. The maximum Gasteiger partial charge on any atom is 0.317 e. The van der Waals surface area contributed by atoms with Crippen molar-refractivity contribution in [1.82, 2.24) is 20.5 Å². The molecule has 7 nitrogen and oxygen atoms in total. The molecule has 3 amide bonds. The quantitative estimate of drug-likeness (QED) is 0.791. The number of urea groups is 1. The maximum absolute atomic E-state index is 12.1. The summed E-state index contributed by atoms with van der Waals surface area (Å²) in [4.78, 5) is 30.6. The van der Waals surface area contributed by atoms with Crippen molar-refractivity contribution >= 4 is 23.3 Å². The second-order valence-corrected chi connectivity index (χ2v) is 6.08. The van der Waals surface area contributed by atoms with Crippen LogP contribution in [0.5, 0.6) is 0 Å². The number of hydrogen-bond donors (Lipinski definition) is 2. The van der Waals surface area contributed by atoms with Gasteiger partial charge < -0.3 is 20.3 Å². The SMILES string of the molecule is COCCNC(=O)N1CCC(NC(=O)c2scnc2C)CC1. The van der Waals surface area contributed by atoms with Crippen molar-refractivity contribution in [2.45, 2.75) is 25.8 Å². The van der Waals surface area contributed by atoms with Crippen LogP contribution in [-0.4, -0.2) is 61.2 Å². The molecule has 0 spiro atoms. The Labute approximate surface area is 134 Å². The van der Waals surface area contributed by atoms with E-state index in [-0.39, 0.29) is 18.0 Å². The predicted octanol–water partition coefficient (Wildman–Crippen LogP) is 1.00. The fraction of sp³-hybridized carbons (Fsp3) is 0.643. The minimum atomic E-state index is -0.0693. The van der Waals surface area contributed by atoms with Crippen molar-refractivity contribution in [3.63, 3.8) is 0 Å². The first-order chi connectivity index (χ1) is 10.6.